The molecular weight excluding hydrogens is 274 g/mol. The largest absolute Gasteiger partial charge is 0.336 e. The first-order valence-electron chi connectivity index (χ1n) is 5.64. The molecular formula is C12H12ClNOS2. The highest BCUT2D eigenvalue weighted by Crippen LogP contribution is 2.31. The van der Waals surface area contributed by atoms with E-state index in [-0.39, 0.29) is 11.3 Å². The third-order valence-electron chi connectivity index (χ3n) is 3.00. The zero-order valence-corrected chi connectivity index (χ0v) is 11.6. The van der Waals surface area contributed by atoms with Gasteiger partial charge in [-0.3, -0.25) is 4.79 Å². The van der Waals surface area contributed by atoms with Crippen molar-refractivity contribution >= 4 is 49.6 Å². The van der Waals surface area contributed by atoms with Crippen LogP contribution in [0.3, 0.4) is 0 Å². The number of hydrogen-bond donors (Lipinski definition) is 0. The number of thiophene rings is 2. The van der Waals surface area contributed by atoms with Crippen LogP contribution in [0.4, 0.5) is 0 Å². The number of halogens is 1. The van der Waals surface area contributed by atoms with Gasteiger partial charge < -0.3 is 4.90 Å². The summed E-state index contributed by atoms with van der Waals surface area (Å²) in [5.41, 5.74) is 0. The molecule has 0 aliphatic carbocycles. The van der Waals surface area contributed by atoms with Gasteiger partial charge >= 0.3 is 0 Å². The molecule has 1 atom stereocenters. The Morgan fingerprint density at radius 3 is 3.12 bits per heavy atom. The normalized spacial score (nSPS) is 21.0. The van der Waals surface area contributed by atoms with Gasteiger partial charge in [-0.2, -0.15) is 0 Å². The quantitative estimate of drug-likeness (QED) is 0.730. The molecule has 2 nitrogen and oxygen atoms in total. The van der Waals surface area contributed by atoms with Crippen LogP contribution in [0.2, 0.25) is 0 Å². The number of likely N-dealkylation sites (tertiary alicyclic amines) is 1. The van der Waals surface area contributed by atoms with Crippen molar-refractivity contribution in [2.75, 3.05) is 13.1 Å². The van der Waals surface area contributed by atoms with Crippen molar-refractivity contribution in [3.05, 3.63) is 22.4 Å². The van der Waals surface area contributed by atoms with E-state index in [2.05, 4.69) is 11.4 Å². The van der Waals surface area contributed by atoms with Crippen molar-refractivity contribution in [3.63, 3.8) is 0 Å². The maximum atomic E-state index is 12.3. The van der Waals surface area contributed by atoms with Crippen LogP contribution >= 0.6 is 34.3 Å². The van der Waals surface area contributed by atoms with Crippen LogP contribution in [-0.2, 0) is 0 Å². The highest BCUT2D eigenvalue weighted by molar-refractivity contribution is 7.27. The van der Waals surface area contributed by atoms with E-state index in [9.17, 15) is 4.79 Å². The monoisotopic (exact) mass is 285 g/mol. The predicted molar refractivity (Wildman–Crippen MR) is 74.5 cm³/mol. The maximum absolute atomic E-state index is 12.3. The number of rotatable bonds is 1. The number of carbonyl (C=O) groups excluding carboxylic acids is 1. The van der Waals surface area contributed by atoms with Crippen molar-refractivity contribution < 1.29 is 4.79 Å². The summed E-state index contributed by atoms with van der Waals surface area (Å²) >= 11 is 9.38. The Balaban J connectivity index is 1.83. The van der Waals surface area contributed by atoms with Crippen LogP contribution < -0.4 is 0 Å². The zero-order chi connectivity index (χ0) is 11.8. The minimum atomic E-state index is 0.119. The number of carbonyl (C=O) groups is 1. The summed E-state index contributed by atoms with van der Waals surface area (Å²) in [4.78, 5) is 15.0. The van der Waals surface area contributed by atoms with Gasteiger partial charge in [0.2, 0.25) is 0 Å². The Kier molecular flexibility index (Phi) is 3.11. The van der Waals surface area contributed by atoms with Gasteiger partial charge in [-0.1, -0.05) is 0 Å². The van der Waals surface area contributed by atoms with Gasteiger partial charge in [-0.25, -0.2) is 0 Å². The number of alkyl halides is 1. The lowest BCUT2D eigenvalue weighted by molar-refractivity contribution is 0.0732. The summed E-state index contributed by atoms with van der Waals surface area (Å²) in [7, 11) is 0. The molecule has 17 heavy (non-hydrogen) atoms. The molecule has 0 aromatic carbocycles. The fraction of sp³-hybridized carbons (Fsp3) is 0.417. The van der Waals surface area contributed by atoms with E-state index >= 15 is 0 Å². The Bertz CT molecular complexity index is 519. The van der Waals surface area contributed by atoms with Crippen molar-refractivity contribution in [1.29, 1.82) is 0 Å². The smallest absolute Gasteiger partial charge is 0.264 e. The van der Waals surface area contributed by atoms with Crippen LogP contribution in [0.1, 0.15) is 22.5 Å². The number of hydrogen-bond acceptors (Lipinski definition) is 3. The molecule has 1 unspecified atom stereocenters. The van der Waals surface area contributed by atoms with Crippen LogP contribution in [0, 0.1) is 0 Å². The van der Waals surface area contributed by atoms with E-state index in [1.165, 1.54) is 9.40 Å². The summed E-state index contributed by atoms with van der Waals surface area (Å²) < 4.78 is 2.41. The SMILES string of the molecule is O=C(c1cc2sccc2s1)N1CCCC(Cl)C1. The summed E-state index contributed by atoms with van der Waals surface area (Å²) in [6.45, 7) is 1.53. The lowest BCUT2D eigenvalue weighted by atomic mass is 10.1. The van der Waals surface area contributed by atoms with Crippen LogP contribution in [0.5, 0.6) is 0 Å². The molecule has 0 spiro atoms. The molecule has 0 radical (unpaired) electrons. The van der Waals surface area contributed by atoms with Crippen molar-refractivity contribution in [2.45, 2.75) is 18.2 Å². The van der Waals surface area contributed by atoms with Crippen molar-refractivity contribution in [2.24, 2.45) is 0 Å². The average Bonchev–Trinajstić information content (AvgIpc) is 2.88. The summed E-state index contributed by atoms with van der Waals surface area (Å²) in [5.74, 6) is 0.142. The number of nitrogens with zero attached hydrogens (tertiary/aromatic N) is 1. The molecule has 90 valence electrons. The fourth-order valence-electron chi connectivity index (χ4n) is 2.14. The van der Waals surface area contributed by atoms with Gasteiger partial charge in [-0.05, 0) is 30.4 Å². The second kappa shape index (κ2) is 4.59. The maximum Gasteiger partial charge on any atom is 0.264 e. The Labute approximate surface area is 113 Å². The molecule has 3 heterocycles. The lowest BCUT2D eigenvalue weighted by Gasteiger charge is -2.29. The second-order valence-electron chi connectivity index (χ2n) is 4.25. The molecule has 1 aliphatic rings. The molecule has 1 aliphatic heterocycles. The van der Waals surface area contributed by atoms with Crippen molar-refractivity contribution in [1.82, 2.24) is 4.90 Å². The molecule has 2 aromatic heterocycles. The van der Waals surface area contributed by atoms with Gasteiger partial charge in [0.25, 0.3) is 5.91 Å². The number of fused-ring (bicyclic) bond motifs is 1. The molecule has 0 saturated carbocycles. The summed E-state index contributed by atoms with van der Waals surface area (Å²) in [5, 5.41) is 2.18. The molecule has 1 amide bonds. The van der Waals surface area contributed by atoms with Crippen LogP contribution in [0.25, 0.3) is 9.40 Å². The minimum absolute atomic E-state index is 0.119. The molecule has 1 saturated heterocycles. The number of amides is 1. The standard InChI is InChI=1S/C12H12ClNOS2/c13-8-2-1-4-14(7-8)12(15)11-6-10-9(17-11)3-5-16-10/h3,5-6,8H,1-2,4,7H2. The first-order chi connectivity index (χ1) is 8.24. The van der Waals surface area contributed by atoms with Crippen LogP contribution in [-0.4, -0.2) is 29.3 Å². The summed E-state index contributed by atoms with van der Waals surface area (Å²) in [6.07, 6.45) is 2.03. The highest BCUT2D eigenvalue weighted by Gasteiger charge is 2.24. The third-order valence-corrected chi connectivity index (χ3v) is 5.44. The Morgan fingerprint density at radius 2 is 2.35 bits per heavy atom. The van der Waals surface area contributed by atoms with E-state index in [1.807, 2.05) is 11.0 Å². The highest BCUT2D eigenvalue weighted by atomic mass is 35.5. The van der Waals surface area contributed by atoms with Gasteiger partial charge in [0.05, 0.1) is 10.3 Å². The minimum Gasteiger partial charge on any atom is -0.336 e. The lowest BCUT2D eigenvalue weighted by Crippen LogP contribution is -2.40. The molecule has 3 rings (SSSR count). The fourth-order valence-corrected chi connectivity index (χ4v) is 4.53. The molecule has 2 aromatic rings. The zero-order valence-electron chi connectivity index (χ0n) is 9.19. The number of piperidine rings is 1. The average molecular weight is 286 g/mol. The molecule has 0 bridgehead atoms. The summed E-state index contributed by atoms with van der Waals surface area (Å²) in [6, 6.07) is 4.08. The second-order valence-corrected chi connectivity index (χ2v) is 6.90. The molecule has 0 N–H and O–H groups in total. The van der Waals surface area contributed by atoms with Gasteiger partial charge in [-0.15, -0.1) is 34.3 Å². The van der Waals surface area contributed by atoms with E-state index in [0.717, 1.165) is 24.3 Å². The van der Waals surface area contributed by atoms with Gasteiger partial charge in [0.1, 0.15) is 0 Å². The van der Waals surface area contributed by atoms with E-state index in [1.54, 1.807) is 22.7 Å². The molecule has 1 fully saturated rings. The molecule has 5 heteroatoms. The first-order valence-corrected chi connectivity index (χ1v) is 7.77. The van der Waals surface area contributed by atoms with Crippen LogP contribution in [0.15, 0.2) is 17.5 Å². The van der Waals surface area contributed by atoms with E-state index < -0.39 is 0 Å². The third kappa shape index (κ3) is 2.21. The van der Waals surface area contributed by atoms with E-state index in [4.69, 9.17) is 11.6 Å². The van der Waals surface area contributed by atoms with Gasteiger partial charge in [0.15, 0.2) is 0 Å². The predicted octanol–water partition coefficient (Wildman–Crippen LogP) is 3.81. The first kappa shape index (κ1) is 11.5. The van der Waals surface area contributed by atoms with Gasteiger partial charge in [0, 0.05) is 22.5 Å². The van der Waals surface area contributed by atoms with E-state index in [0.29, 0.717) is 6.54 Å². The Morgan fingerprint density at radius 1 is 1.47 bits per heavy atom. The van der Waals surface area contributed by atoms with Crippen molar-refractivity contribution in [3.8, 4) is 0 Å². The topological polar surface area (TPSA) is 20.3 Å². The Hall–Kier alpha value is -0.580.